The molecule has 30 heavy (non-hydrogen) atoms. The molecule has 0 amide bonds. The van der Waals surface area contributed by atoms with Gasteiger partial charge in [-0.1, -0.05) is 0 Å². The predicted octanol–water partition coefficient (Wildman–Crippen LogP) is 3.24. The number of hydrogen-bond donors (Lipinski definition) is 6. The second-order valence-corrected chi connectivity index (χ2v) is 6.56. The highest BCUT2D eigenvalue weighted by Crippen LogP contribution is 1.66. The average molecular weight is 481 g/mol. The van der Waals surface area contributed by atoms with E-state index in [4.69, 9.17) is 30.6 Å². The molecule has 0 spiro atoms. The largest absolute Gasteiger partial charge is 0.394 e. The van der Waals surface area contributed by atoms with Crippen molar-refractivity contribution >= 4 is 0 Å². The van der Waals surface area contributed by atoms with E-state index in [1.807, 2.05) is 0 Å². The van der Waals surface area contributed by atoms with E-state index in [9.17, 15) is 0 Å². The SMILES string of the molecule is CC(C)O.CC(C)O.CC(C)O.CC(C)O.CC(C)O.CC(C)O.F.F.F.F.F.F. The minimum Gasteiger partial charge on any atom is -0.394 e. The molecule has 0 fully saturated rings. The Labute approximate surface area is 179 Å². The van der Waals surface area contributed by atoms with Gasteiger partial charge >= 0.3 is 0 Å². The van der Waals surface area contributed by atoms with E-state index in [1.165, 1.54) is 0 Å². The van der Waals surface area contributed by atoms with Gasteiger partial charge in [-0.3, -0.25) is 28.2 Å². The summed E-state index contributed by atoms with van der Waals surface area (Å²) in [6, 6.07) is 0. The zero-order valence-corrected chi connectivity index (χ0v) is 20.6. The fraction of sp³-hybridized carbons (Fsp3) is 1.00. The quantitative estimate of drug-likeness (QED) is 0.296. The van der Waals surface area contributed by atoms with Gasteiger partial charge in [-0.15, -0.1) is 0 Å². The maximum Gasteiger partial charge on any atom is 0.0483 e. The van der Waals surface area contributed by atoms with Crippen molar-refractivity contribution < 1.29 is 58.9 Å². The van der Waals surface area contributed by atoms with Gasteiger partial charge in [0.15, 0.2) is 0 Å². The molecule has 0 aromatic rings. The molecule has 0 aliphatic heterocycles. The van der Waals surface area contributed by atoms with Crippen LogP contribution in [0.3, 0.4) is 0 Å². The van der Waals surface area contributed by atoms with Crippen molar-refractivity contribution in [2.75, 3.05) is 0 Å². The fourth-order valence-corrected chi connectivity index (χ4v) is 0. The van der Waals surface area contributed by atoms with Crippen LogP contribution in [0.15, 0.2) is 0 Å². The molecule has 12 heteroatoms. The Morgan fingerprint density at radius 2 is 0.233 bits per heavy atom. The standard InChI is InChI=1S/6C3H8O.6FH/c6*1-3(2)4;;;;;;/h6*3-4H,1-2H3;6*1H. The molecular formula is C18H54F6O6. The van der Waals surface area contributed by atoms with Crippen LogP contribution in [0.4, 0.5) is 28.2 Å². The summed E-state index contributed by atoms with van der Waals surface area (Å²) in [6.45, 7) is 20.7. The van der Waals surface area contributed by atoms with Gasteiger partial charge < -0.3 is 30.6 Å². The minimum atomic E-state index is -0.167. The summed E-state index contributed by atoms with van der Waals surface area (Å²) in [6.07, 6.45) is -1.00. The van der Waals surface area contributed by atoms with Gasteiger partial charge in [0.1, 0.15) is 0 Å². The number of rotatable bonds is 0. The highest BCUT2D eigenvalue weighted by atomic mass is 19.0. The molecule has 0 bridgehead atoms. The highest BCUT2D eigenvalue weighted by Gasteiger charge is 1.71. The van der Waals surface area contributed by atoms with Crippen molar-refractivity contribution in [2.24, 2.45) is 0 Å². The third-order valence-corrected chi connectivity index (χ3v) is 0. The topological polar surface area (TPSA) is 121 Å². The third kappa shape index (κ3) is 43500. The van der Waals surface area contributed by atoms with Crippen LogP contribution in [0, 0.1) is 0 Å². The number of hydrogen-bond acceptors (Lipinski definition) is 6. The van der Waals surface area contributed by atoms with Gasteiger partial charge in [0.2, 0.25) is 0 Å². The second-order valence-electron chi connectivity index (χ2n) is 6.56. The van der Waals surface area contributed by atoms with Crippen LogP contribution < -0.4 is 0 Å². The van der Waals surface area contributed by atoms with E-state index in [0.29, 0.717) is 0 Å². The molecule has 0 atom stereocenters. The van der Waals surface area contributed by atoms with Crippen LogP contribution in [0.5, 0.6) is 0 Å². The summed E-state index contributed by atoms with van der Waals surface area (Å²) in [5.41, 5.74) is 0. The molecule has 0 saturated carbocycles. The van der Waals surface area contributed by atoms with E-state index < -0.39 is 0 Å². The van der Waals surface area contributed by atoms with Crippen LogP contribution in [0.25, 0.3) is 0 Å². The fourth-order valence-electron chi connectivity index (χ4n) is 0. The summed E-state index contributed by atoms with van der Waals surface area (Å²) in [4.78, 5) is 0. The second kappa shape index (κ2) is 70.5. The Bertz CT molecular complexity index is 116. The summed E-state index contributed by atoms with van der Waals surface area (Å²) in [5, 5.41) is 48.3. The maximum absolute atomic E-state index is 8.06. The highest BCUT2D eigenvalue weighted by molar-refractivity contribution is 4.22. The first-order valence-corrected chi connectivity index (χ1v) is 8.48. The summed E-state index contributed by atoms with van der Waals surface area (Å²) in [5.74, 6) is 0. The Morgan fingerprint density at radius 3 is 0.233 bits per heavy atom. The molecule has 6 nitrogen and oxygen atoms in total. The lowest BCUT2D eigenvalue weighted by Crippen LogP contribution is -1.85. The number of aliphatic hydroxyl groups is 6. The molecule has 0 saturated heterocycles. The smallest absolute Gasteiger partial charge is 0.0483 e. The van der Waals surface area contributed by atoms with E-state index in [1.54, 1.807) is 83.1 Å². The van der Waals surface area contributed by atoms with Gasteiger partial charge in [-0.05, 0) is 83.1 Å². The Kier molecular flexibility index (Phi) is 184. The zero-order chi connectivity index (χ0) is 21.5. The monoisotopic (exact) mass is 480 g/mol. The molecule has 0 aliphatic rings. The maximum atomic E-state index is 8.06. The van der Waals surface area contributed by atoms with Gasteiger partial charge in [0, 0.05) is 36.6 Å². The molecule has 0 rings (SSSR count). The van der Waals surface area contributed by atoms with Crippen LogP contribution in [-0.4, -0.2) is 67.3 Å². The molecule has 6 N–H and O–H groups in total. The Morgan fingerprint density at radius 1 is 0.233 bits per heavy atom. The average Bonchev–Trinajstić information content (AvgIpc) is 2.08. The molecule has 204 valence electrons. The van der Waals surface area contributed by atoms with Crippen molar-refractivity contribution in [3.05, 3.63) is 0 Å². The summed E-state index contributed by atoms with van der Waals surface area (Å²) < 4.78 is 0. The number of halogens is 6. The molecule has 0 heterocycles. The Hall–Kier alpha value is -0.660. The van der Waals surface area contributed by atoms with Crippen LogP contribution in [0.2, 0.25) is 0 Å². The zero-order valence-electron chi connectivity index (χ0n) is 20.6. The summed E-state index contributed by atoms with van der Waals surface area (Å²) in [7, 11) is 0. The van der Waals surface area contributed by atoms with Crippen molar-refractivity contribution in [1.82, 2.24) is 0 Å². The first-order chi connectivity index (χ1) is 10.4. The lowest BCUT2D eigenvalue weighted by atomic mass is 10.5. The molecular weight excluding hydrogens is 426 g/mol. The molecule has 0 aromatic carbocycles. The first-order valence-electron chi connectivity index (χ1n) is 8.48. The molecule has 0 aliphatic carbocycles. The van der Waals surface area contributed by atoms with Gasteiger partial charge in [-0.2, -0.15) is 0 Å². The van der Waals surface area contributed by atoms with Crippen LogP contribution in [0.1, 0.15) is 83.1 Å². The van der Waals surface area contributed by atoms with Crippen molar-refractivity contribution in [3.63, 3.8) is 0 Å². The van der Waals surface area contributed by atoms with Gasteiger partial charge in [-0.25, -0.2) is 0 Å². The van der Waals surface area contributed by atoms with Crippen molar-refractivity contribution in [3.8, 4) is 0 Å². The predicted molar refractivity (Wildman–Crippen MR) is 119 cm³/mol. The van der Waals surface area contributed by atoms with Crippen LogP contribution >= 0.6 is 0 Å². The third-order valence-electron chi connectivity index (χ3n) is 0. The summed E-state index contributed by atoms with van der Waals surface area (Å²) >= 11 is 0. The van der Waals surface area contributed by atoms with E-state index >= 15 is 0 Å². The van der Waals surface area contributed by atoms with Gasteiger partial charge in [0.25, 0.3) is 0 Å². The van der Waals surface area contributed by atoms with Crippen molar-refractivity contribution in [2.45, 2.75) is 120 Å². The molecule has 0 radical (unpaired) electrons. The normalized spacial score (nSPS) is 7.20. The van der Waals surface area contributed by atoms with Gasteiger partial charge in [0.05, 0.1) is 0 Å². The first kappa shape index (κ1) is 78.4. The lowest BCUT2D eigenvalue weighted by molar-refractivity contribution is 0.215. The molecule has 0 unspecified atom stereocenters. The van der Waals surface area contributed by atoms with Crippen molar-refractivity contribution in [1.29, 1.82) is 0 Å². The van der Waals surface area contributed by atoms with E-state index in [2.05, 4.69) is 0 Å². The van der Waals surface area contributed by atoms with E-state index in [-0.39, 0.29) is 64.9 Å². The lowest BCUT2D eigenvalue weighted by Gasteiger charge is -1.80. The van der Waals surface area contributed by atoms with E-state index in [0.717, 1.165) is 0 Å². The minimum absolute atomic E-state index is 0. The molecule has 0 aromatic heterocycles. The Balaban J connectivity index is -0.0000000125. The van der Waals surface area contributed by atoms with Crippen LogP contribution in [-0.2, 0) is 0 Å². The number of aliphatic hydroxyl groups excluding tert-OH is 6.